The normalized spacial score (nSPS) is 21.2. The molecule has 3 amide bonds. The lowest BCUT2D eigenvalue weighted by Gasteiger charge is -2.40. The van der Waals surface area contributed by atoms with Crippen LogP contribution in [0.15, 0.2) is 54.2 Å². The molecule has 32 heavy (non-hydrogen) atoms. The zero-order chi connectivity index (χ0) is 22.9. The lowest BCUT2D eigenvalue weighted by molar-refractivity contribution is -0.132. The first-order valence-corrected chi connectivity index (χ1v) is 11.4. The summed E-state index contributed by atoms with van der Waals surface area (Å²) in [6.45, 7) is 12.5. The quantitative estimate of drug-likeness (QED) is 0.539. The predicted octanol–water partition coefficient (Wildman–Crippen LogP) is 4.15. The number of hydrogen-bond donors (Lipinski definition) is 1. The van der Waals surface area contributed by atoms with E-state index in [4.69, 9.17) is 4.74 Å². The number of carbonyl (C=O) groups is 2. The molecule has 1 N–H and O–H groups in total. The molecular formula is C26H33N3O3. The number of fused-ring (bicyclic) bond motifs is 1. The second-order valence-electron chi connectivity index (χ2n) is 9.27. The Kier molecular flexibility index (Phi) is 6.24. The van der Waals surface area contributed by atoms with E-state index in [0.29, 0.717) is 12.8 Å². The number of imide groups is 1. The number of nitrogens with one attached hydrogen (secondary N) is 1. The Balaban J connectivity index is 1.42. The summed E-state index contributed by atoms with van der Waals surface area (Å²) in [4.78, 5) is 29.7. The predicted molar refractivity (Wildman–Crippen MR) is 126 cm³/mol. The van der Waals surface area contributed by atoms with Gasteiger partial charge in [0.2, 0.25) is 0 Å². The Morgan fingerprint density at radius 2 is 2.00 bits per heavy atom. The zero-order valence-corrected chi connectivity index (χ0v) is 19.3. The van der Waals surface area contributed by atoms with Crippen LogP contribution in [0.3, 0.4) is 0 Å². The van der Waals surface area contributed by atoms with Crippen molar-refractivity contribution in [2.24, 2.45) is 0 Å². The summed E-state index contributed by atoms with van der Waals surface area (Å²) in [6.07, 6.45) is 7.79. The standard InChI is InChI=1S/C26H33N3O3/c1-5-20(7-6-18(2)3)17-29-24(30)26(27-25(29)31)11-13-28(14-12-26)19(4)22-9-8-21-10-15-32-23(21)16-22/h5-9,16,19H,1,10-15,17H2,2-4H3,(H,27,31)/b20-7+. The molecule has 3 aliphatic heterocycles. The van der Waals surface area contributed by atoms with Gasteiger partial charge in [-0.15, -0.1) is 0 Å². The number of ether oxygens (including phenoxy) is 1. The first-order valence-electron chi connectivity index (χ1n) is 11.4. The van der Waals surface area contributed by atoms with Gasteiger partial charge in [0.05, 0.1) is 13.2 Å². The van der Waals surface area contributed by atoms with Gasteiger partial charge in [-0.1, -0.05) is 42.5 Å². The zero-order valence-electron chi connectivity index (χ0n) is 19.3. The van der Waals surface area contributed by atoms with Gasteiger partial charge in [0.25, 0.3) is 5.91 Å². The molecule has 1 aromatic rings. The number of likely N-dealkylation sites (tertiary alicyclic amines) is 1. The van der Waals surface area contributed by atoms with E-state index in [1.165, 1.54) is 16.0 Å². The minimum atomic E-state index is -0.795. The minimum Gasteiger partial charge on any atom is -0.493 e. The molecule has 1 aromatic carbocycles. The molecule has 3 heterocycles. The van der Waals surface area contributed by atoms with Crippen molar-refractivity contribution < 1.29 is 14.3 Å². The highest BCUT2D eigenvalue weighted by Crippen LogP contribution is 2.35. The number of piperidine rings is 1. The largest absolute Gasteiger partial charge is 0.493 e. The number of allylic oxidation sites excluding steroid dienone is 3. The topological polar surface area (TPSA) is 61.9 Å². The van der Waals surface area contributed by atoms with Gasteiger partial charge in [0.15, 0.2) is 0 Å². The van der Waals surface area contributed by atoms with Crippen molar-refractivity contribution >= 4 is 11.9 Å². The van der Waals surface area contributed by atoms with E-state index >= 15 is 0 Å². The number of carbonyl (C=O) groups excluding carboxylic acids is 2. The van der Waals surface area contributed by atoms with Crippen molar-refractivity contribution in [3.63, 3.8) is 0 Å². The Labute approximate surface area is 190 Å². The molecule has 0 saturated carbocycles. The fourth-order valence-corrected chi connectivity index (χ4v) is 4.75. The molecule has 4 rings (SSSR count). The van der Waals surface area contributed by atoms with E-state index in [2.05, 4.69) is 41.9 Å². The van der Waals surface area contributed by atoms with Gasteiger partial charge in [-0.2, -0.15) is 0 Å². The molecule has 0 radical (unpaired) electrons. The third-order valence-corrected chi connectivity index (χ3v) is 6.88. The van der Waals surface area contributed by atoms with Gasteiger partial charge in [-0.05, 0) is 56.4 Å². The van der Waals surface area contributed by atoms with Crippen molar-refractivity contribution in [3.8, 4) is 5.75 Å². The van der Waals surface area contributed by atoms with Crippen LogP contribution in [-0.4, -0.2) is 53.5 Å². The SMILES string of the molecule is C=C/C(=C\C=C(C)C)CN1C(=O)NC2(CCN(C(C)c3ccc4c(c3)OCC4)CC2)C1=O. The average molecular weight is 436 g/mol. The average Bonchev–Trinajstić information content (AvgIpc) is 3.34. The molecule has 1 spiro atoms. The molecule has 3 aliphatic rings. The molecule has 0 aromatic heterocycles. The number of nitrogens with zero attached hydrogens (tertiary/aromatic N) is 2. The van der Waals surface area contributed by atoms with Crippen LogP contribution >= 0.6 is 0 Å². The third kappa shape index (κ3) is 4.24. The van der Waals surface area contributed by atoms with Crippen molar-refractivity contribution in [1.29, 1.82) is 0 Å². The van der Waals surface area contributed by atoms with Gasteiger partial charge in [0.1, 0.15) is 11.3 Å². The Morgan fingerprint density at radius 1 is 1.25 bits per heavy atom. The highest BCUT2D eigenvalue weighted by Gasteiger charge is 2.52. The molecule has 1 atom stereocenters. The summed E-state index contributed by atoms with van der Waals surface area (Å²) < 4.78 is 5.73. The highest BCUT2D eigenvalue weighted by molar-refractivity contribution is 6.07. The molecule has 170 valence electrons. The molecule has 1 unspecified atom stereocenters. The summed E-state index contributed by atoms with van der Waals surface area (Å²) in [6, 6.07) is 6.42. The van der Waals surface area contributed by atoms with Crippen molar-refractivity contribution in [1.82, 2.24) is 15.1 Å². The van der Waals surface area contributed by atoms with Crippen LogP contribution < -0.4 is 10.1 Å². The van der Waals surface area contributed by atoms with Gasteiger partial charge in [-0.25, -0.2) is 4.79 Å². The fourth-order valence-electron chi connectivity index (χ4n) is 4.75. The van der Waals surface area contributed by atoms with E-state index in [0.717, 1.165) is 43.0 Å². The molecular weight excluding hydrogens is 402 g/mol. The maximum atomic E-state index is 13.3. The Morgan fingerprint density at radius 3 is 2.69 bits per heavy atom. The molecule has 0 aliphatic carbocycles. The second kappa shape index (κ2) is 8.94. The monoisotopic (exact) mass is 435 g/mol. The van der Waals surface area contributed by atoms with Gasteiger partial charge >= 0.3 is 6.03 Å². The first kappa shape index (κ1) is 22.3. The number of amides is 3. The van der Waals surface area contributed by atoms with Crippen molar-refractivity contribution in [3.05, 3.63) is 65.3 Å². The molecule has 6 nitrogen and oxygen atoms in total. The van der Waals surface area contributed by atoms with Crippen LogP contribution in [-0.2, 0) is 11.2 Å². The van der Waals surface area contributed by atoms with E-state index in [9.17, 15) is 9.59 Å². The van der Waals surface area contributed by atoms with Gasteiger partial charge in [-0.3, -0.25) is 14.6 Å². The number of rotatable bonds is 6. The molecule has 2 saturated heterocycles. The smallest absolute Gasteiger partial charge is 0.325 e. The van der Waals surface area contributed by atoms with Crippen LogP contribution in [0.25, 0.3) is 0 Å². The fraction of sp³-hybridized carbons (Fsp3) is 0.462. The Hall–Kier alpha value is -2.86. The van der Waals surface area contributed by atoms with E-state index in [1.54, 1.807) is 6.08 Å². The lowest BCUT2D eigenvalue weighted by Crippen LogP contribution is -2.55. The summed E-state index contributed by atoms with van der Waals surface area (Å²) in [7, 11) is 0. The Bertz CT molecular complexity index is 982. The third-order valence-electron chi connectivity index (χ3n) is 6.88. The van der Waals surface area contributed by atoms with Crippen LogP contribution in [0.4, 0.5) is 4.79 Å². The van der Waals surface area contributed by atoms with Crippen LogP contribution in [0.1, 0.15) is 50.8 Å². The van der Waals surface area contributed by atoms with E-state index in [-0.39, 0.29) is 24.5 Å². The number of urea groups is 1. The van der Waals surface area contributed by atoms with Gasteiger partial charge in [0, 0.05) is 25.6 Å². The van der Waals surface area contributed by atoms with Gasteiger partial charge < -0.3 is 10.1 Å². The van der Waals surface area contributed by atoms with E-state index < -0.39 is 5.54 Å². The highest BCUT2D eigenvalue weighted by atomic mass is 16.5. The molecule has 0 bridgehead atoms. The van der Waals surface area contributed by atoms with E-state index in [1.807, 2.05) is 26.0 Å². The molecule has 2 fully saturated rings. The lowest BCUT2D eigenvalue weighted by atomic mass is 9.86. The first-order chi connectivity index (χ1) is 15.3. The van der Waals surface area contributed by atoms with Crippen LogP contribution in [0.5, 0.6) is 5.75 Å². The molecule has 6 heteroatoms. The van der Waals surface area contributed by atoms with Crippen molar-refractivity contribution in [2.45, 2.75) is 51.6 Å². The minimum absolute atomic E-state index is 0.120. The van der Waals surface area contributed by atoms with Crippen molar-refractivity contribution in [2.75, 3.05) is 26.2 Å². The van der Waals surface area contributed by atoms with Crippen LogP contribution in [0, 0.1) is 0 Å². The number of benzene rings is 1. The summed E-state index contributed by atoms with van der Waals surface area (Å²) in [5.74, 6) is 0.876. The van der Waals surface area contributed by atoms with Crippen LogP contribution in [0.2, 0.25) is 0 Å². The summed E-state index contributed by atoms with van der Waals surface area (Å²) in [5, 5.41) is 3.01. The summed E-state index contributed by atoms with van der Waals surface area (Å²) >= 11 is 0. The summed E-state index contributed by atoms with van der Waals surface area (Å²) in [5.41, 5.74) is 3.70. The maximum absolute atomic E-state index is 13.3. The maximum Gasteiger partial charge on any atom is 0.325 e. The number of hydrogen-bond acceptors (Lipinski definition) is 4. The second-order valence-corrected chi connectivity index (χ2v) is 9.27.